The molecule has 1 rings (SSSR count). The van der Waals surface area contributed by atoms with Crippen molar-refractivity contribution < 1.29 is 0 Å². The van der Waals surface area contributed by atoms with E-state index < -0.39 is 0 Å². The highest BCUT2D eigenvalue weighted by molar-refractivity contribution is 5.37. The van der Waals surface area contributed by atoms with E-state index in [1.807, 2.05) is 13.0 Å². The van der Waals surface area contributed by atoms with Crippen molar-refractivity contribution in [3.05, 3.63) is 24.0 Å². The maximum Gasteiger partial charge on any atom is 0.0591 e. The van der Waals surface area contributed by atoms with Gasteiger partial charge in [-0.1, -0.05) is 6.92 Å². The van der Waals surface area contributed by atoms with Gasteiger partial charge in [0.05, 0.1) is 5.69 Å². The van der Waals surface area contributed by atoms with E-state index in [9.17, 15) is 0 Å². The molecule has 0 saturated carbocycles. The van der Waals surface area contributed by atoms with Crippen LogP contribution in [-0.2, 0) is 0 Å². The zero-order chi connectivity index (χ0) is 8.27. The van der Waals surface area contributed by atoms with Gasteiger partial charge in [0.25, 0.3) is 0 Å². The Kier molecular flexibility index (Phi) is 2.44. The topological polar surface area (TPSA) is 64.9 Å². The van der Waals surface area contributed by atoms with Crippen LogP contribution in [0.3, 0.4) is 0 Å². The summed E-state index contributed by atoms with van der Waals surface area (Å²) in [7, 11) is 0. The largest absolute Gasteiger partial charge is 0.399 e. The predicted molar refractivity (Wildman–Crippen MR) is 45.9 cm³/mol. The Morgan fingerprint density at radius 1 is 1.64 bits per heavy atom. The molecular weight excluding hydrogens is 138 g/mol. The van der Waals surface area contributed by atoms with E-state index in [-0.39, 0.29) is 6.04 Å². The number of rotatable bonds is 2. The van der Waals surface area contributed by atoms with Gasteiger partial charge in [0, 0.05) is 17.9 Å². The Morgan fingerprint density at radius 3 is 2.91 bits per heavy atom. The summed E-state index contributed by atoms with van der Waals surface area (Å²) < 4.78 is 0. The third-order valence-electron chi connectivity index (χ3n) is 1.62. The lowest BCUT2D eigenvalue weighted by atomic mass is 10.1. The predicted octanol–water partition coefficient (Wildman–Crippen LogP) is 1.07. The molecule has 4 N–H and O–H groups in total. The number of nitrogen functional groups attached to an aromatic ring is 1. The quantitative estimate of drug-likeness (QED) is 0.664. The standard InChI is InChI=1S/C8H13N3/c1-2-7(10)8-5-6(9)3-4-11-8/h3-5,7H,2,10H2,1H3,(H2,9,11). The Labute approximate surface area is 66.4 Å². The second-order valence-electron chi connectivity index (χ2n) is 2.53. The molecular formula is C8H13N3. The monoisotopic (exact) mass is 151 g/mol. The van der Waals surface area contributed by atoms with Crippen LogP contribution in [0.25, 0.3) is 0 Å². The first-order valence-corrected chi connectivity index (χ1v) is 3.71. The highest BCUT2D eigenvalue weighted by atomic mass is 14.8. The summed E-state index contributed by atoms with van der Waals surface area (Å²) in [5.41, 5.74) is 12.9. The van der Waals surface area contributed by atoms with E-state index in [1.54, 1.807) is 12.3 Å². The maximum atomic E-state index is 5.75. The second-order valence-corrected chi connectivity index (χ2v) is 2.53. The fourth-order valence-electron chi connectivity index (χ4n) is 0.877. The van der Waals surface area contributed by atoms with Crippen molar-refractivity contribution in [1.82, 2.24) is 4.98 Å². The van der Waals surface area contributed by atoms with Gasteiger partial charge in [0.1, 0.15) is 0 Å². The highest BCUT2D eigenvalue weighted by Gasteiger charge is 2.03. The molecule has 0 amide bonds. The zero-order valence-electron chi connectivity index (χ0n) is 6.62. The van der Waals surface area contributed by atoms with Crippen LogP contribution < -0.4 is 11.5 Å². The fourth-order valence-corrected chi connectivity index (χ4v) is 0.877. The average molecular weight is 151 g/mol. The molecule has 1 aromatic rings. The fraction of sp³-hybridized carbons (Fsp3) is 0.375. The molecule has 1 heterocycles. The molecule has 0 radical (unpaired) electrons. The Hall–Kier alpha value is -1.09. The van der Waals surface area contributed by atoms with Gasteiger partial charge in [-0.15, -0.1) is 0 Å². The molecule has 3 heteroatoms. The Balaban J connectivity index is 2.86. The van der Waals surface area contributed by atoms with Crippen LogP contribution in [0.4, 0.5) is 5.69 Å². The van der Waals surface area contributed by atoms with Crippen molar-refractivity contribution in [3.8, 4) is 0 Å². The first kappa shape index (κ1) is 8.01. The minimum absolute atomic E-state index is 0.0125. The molecule has 1 aromatic heterocycles. The van der Waals surface area contributed by atoms with Gasteiger partial charge in [-0.05, 0) is 18.6 Å². The van der Waals surface area contributed by atoms with E-state index in [1.165, 1.54) is 0 Å². The first-order valence-electron chi connectivity index (χ1n) is 3.71. The molecule has 0 aliphatic carbocycles. The van der Waals surface area contributed by atoms with Crippen molar-refractivity contribution in [2.75, 3.05) is 5.73 Å². The highest BCUT2D eigenvalue weighted by Crippen LogP contribution is 2.12. The van der Waals surface area contributed by atoms with Crippen LogP contribution in [0, 0.1) is 0 Å². The van der Waals surface area contributed by atoms with Crippen molar-refractivity contribution in [3.63, 3.8) is 0 Å². The molecule has 0 aliphatic heterocycles. The summed E-state index contributed by atoms with van der Waals surface area (Å²) >= 11 is 0. The number of pyridine rings is 1. The van der Waals surface area contributed by atoms with Crippen LogP contribution >= 0.6 is 0 Å². The molecule has 0 aliphatic rings. The molecule has 0 saturated heterocycles. The van der Waals surface area contributed by atoms with Crippen LogP contribution in [0.2, 0.25) is 0 Å². The molecule has 60 valence electrons. The Bertz CT molecular complexity index is 235. The molecule has 1 atom stereocenters. The maximum absolute atomic E-state index is 5.75. The van der Waals surface area contributed by atoms with E-state index >= 15 is 0 Å². The summed E-state index contributed by atoms with van der Waals surface area (Å²) in [6, 6.07) is 3.58. The van der Waals surface area contributed by atoms with Gasteiger partial charge in [-0.2, -0.15) is 0 Å². The molecule has 1 unspecified atom stereocenters. The molecule has 0 bridgehead atoms. The van der Waals surface area contributed by atoms with E-state index in [0.717, 1.165) is 17.8 Å². The van der Waals surface area contributed by atoms with Gasteiger partial charge in [-0.25, -0.2) is 0 Å². The molecule has 3 nitrogen and oxygen atoms in total. The first-order chi connectivity index (χ1) is 5.24. The number of hydrogen-bond acceptors (Lipinski definition) is 3. The second kappa shape index (κ2) is 3.34. The van der Waals surface area contributed by atoms with Crippen molar-refractivity contribution in [2.45, 2.75) is 19.4 Å². The summed E-state index contributed by atoms with van der Waals surface area (Å²) in [6.45, 7) is 2.02. The van der Waals surface area contributed by atoms with E-state index in [4.69, 9.17) is 11.5 Å². The smallest absolute Gasteiger partial charge is 0.0591 e. The van der Waals surface area contributed by atoms with Crippen LogP contribution in [-0.4, -0.2) is 4.98 Å². The van der Waals surface area contributed by atoms with Crippen LogP contribution in [0.15, 0.2) is 18.3 Å². The summed E-state index contributed by atoms with van der Waals surface area (Å²) in [5.74, 6) is 0. The third kappa shape index (κ3) is 1.91. The number of anilines is 1. The van der Waals surface area contributed by atoms with Gasteiger partial charge in [0.2, 0.25) is 0 Å². The number of aromatic nitrogens is 1. The number of nitrogens with two attached hydrogens (primary N) is 2. The SMILES string of the molecule is CCC(N)c1cc(N)ccn1. The Morgan fingerprint density at radius 2 is 2.36 bits per heavy atom. The van der Waals surface area contributed by atoms with Crippen molar-refractivity contribution >= 4 is 5.69 Å². The van der Waals surface area contributed by atoms with Crippen molar-refractivity contribution in [1.29, 1.82) is 0 Å². The minimum Gasteiger partial charge on any atom is -0.399 e. The summed E-state index contributed by atoms with van der Waals surface area (Å²) in [6.07, 6.45) is 2.57. The van der Waals surface area contributed by atoms with Gasteiger partial charge in [0.15, 0.2) is 0 Å². The lowest BCUT2D eigenvalue weighted by Crippen LogP contribution is -2.10. The van der Waals surface area contributed by atoms with E-state index in [0.29, 0.717) is 0 Å². The van der Waals surface area contributed by atoms with Crippen LogP contribution in [0.5, 0.6) is 0 Å². The number of nitrogens with zero attached hydrogens (tertiary/aromatic N) is 1. The minimum atomic E-state index is 0.0125. The summed E-state index contributed by atoms with van der Waals surface area (Å²) in [5, 5.41) is 0. The lowest BCUT2D eigenvalue weighted by molar-refractivity contribution is 0.676. The molecule has 0 aromatic carbocycles. The molecule has 0 spiro atoms. The normalized spacial score (nSPS) is 12.9. The summed E-state index contributed by atoms with van der Waals surface area (Å²) in [4.78, 5) is 4.11. The molecule has 0 fully saturated rings. The van der Waals surface area contributed by atoms with Gasteiger partial charge < -0.3 is 11.5 Å². The van der Waals surface area contributed by atoms with Crippen LogP contribution in [0.1, 0.15) is 25.1 Å². The van der Waals surface area contributed by atoms with E-state index in [2.05, 4.69) is 4.98 Å². The van der Waals surface area contributed by atoms with Gasteiger partial charge >= 0.3 is 0 Å². The average Bonchev–Trinajstić information content (AvgIpc) is 2.03. The third-order valence-corrected chi connectivity index (χ3v) is 1.62. The molecule has 11 heavy (non-hydrogen) atoms. The zero-order valence-corrected chi connectivity index (χ0v) is 6.62. The van der Waals surface area contributed by atoms with Crippen molar-refractivity contribution in [2.24, 2.45) is 5.73 Å². The lowest BCUT2D eigenvalue weighted by Gasteiger charge is -2.07. The number of hydrogen-bond donors (Lipinski definition) is 2. The van der Waals surface area contributed by atoms with Gasteiger partial charge in [-0.3, -0.25) is 4.98 Å².